The third-order valence-electron chi connectivity index (χ3n) is 5.26. The van der Waals surface area contributed by atoms with Gasteiger partial charge in [0.05, 0.1) is 17.4 Å². The van der Waals surface area contributed by atoms with Crippen LogP contribution < -0.4 is 0 Å². The first-order valence-corrected chi connectivity index (χ1v) is 7.90. The van der Waals surface area contributed by atoms with Gasteiger partial charge in [0.1, 0.15) is 0 Å². The number of amides is 1. The Kier molecular flexibility index (Phi) is 4.05. The van der Waals surface area contributed by atoms with Crippen LogP contribution in [0.5, 0.6) is 0 Å². The van der Waals surface area contributed by atoms with E-state index in [2.05, 4.69) is 0 Å². The molecular formula is C17H18F3NO3. The standard InChI is InChI=1S/C17H18F3NO3/c18-17(19,20)12-4-1-3-11(7-12)8-14(22)21-9-13-5-2-6-16(13,10-21)15(23)24/h1,3-4,7,13H,2,5-6,8-10H2,(H,23,24)/t13-,16+/m0/s1. The number of hydrogen-bond acceptors (Lipinski definition) is 2. The smallest absolute Gasteiger partial charge is 0.416 e. The minimum Gasteiger partial charge on any atom is -0.481 e. The van der Waals surface area contributed by atoms with Gasteiger partial charge in [-0.05, 0) is 30.4 Å². The van der Waals surface area contributed by atoms with Crippen LogP contribution in [0.15, 0.2) is 24.3 Å². The van der Waals surface area contributed by atoms with Gasteiger partial charge >= 0.3 is 12.1 Å². The van der Waals surface area contributed by atoms with Crippen LogP contribution in [0.25, 0.3) is 0 Å². The Balaban J connectivity index is 1.72. The number of rotatable bonds is 3. The third kappa shape index (κ3) is 2.87. The number of halogens is 3. The highest BCUT2D eigenvalue weighted by molar-refractivity contribution is 5.82. The number of aliphatic carboxylic acids is 1. The minimum absolute atomic E-state index is 0.0551. The molecule has 2 atom stereocenters. The van der Waals surface area contributed by atoms with E-state index in [1.807, 2.05) is 0 Å². The first-order valence-electron chi connectivity index (χ1n) is 7.90. The molecular weight excluding hydrogens is 323 g/mol. The summed E-state index contributed by atoms with van der Waals surface area (Å²) >= 11 is 0. The van der Waals surface area contributed by atoms with Gasteiger partial charge in [-0.25, -0.2) is 0 Å². The second kappa shape index (κ2) is 5.79. The van der Waals surface area contributed by atoms with E-state index in [1.54, 1.807) is 0 Å². The SMILES string of the molecule is O=C(Cc1cccc(C(F)(F)F)c1)N1C[C@@H]2CCC[C@@]2(C(=O)O)C1. The molecule has 0 unspecified atom stereocenters. The van der Waals surface area contributed by atoms with Crippen molar-refractivity contribution in [1.29, 1.82) is 0 Å². The highest BCUT2D eigenvalue weighted by Gasteiger charge is 2.55. The minimum atomic E-state index is -4.45. The average molecular weight is 341 g/mol. The molecule has 1 aliphatic carbocycles. The molecule has 24 heavy (non-hydrogen) atoms. The number of benzene rings is 1. The number of carbonyl (C=O) groups excluding carboxylic acids is 1. The summed E-state index contributed by atoms with van der Waals surface area (Å²) in [6, 6.07) is 4.70. The van der Waals surface area contributed by atoms with E-state index >= 15 is 0 Å². The molecule has 1 aromatic rings. The molecule has 1 amide bonds. The molecule has 130 valence electrons. The van der Waals surface area contributed by atoms with Crippen molar-refractivity contribution in [1.82, 2.24) is 4.90 Å². The van der Waals surface area contributed by atoms with E-state index in [9.17, 15) is 27.9 Å². The normalized spacial score (nSPS) is 26.5. The predicted molar refractivity (Wildman–Crippen MR) is 79.1 cm³/mol. The van der Waals surface area contributed by atoms with Gasteiger partial charge in [-0.1, -0.05) is 24.6 Å². The molecule has 0 aromatic heterocycles. The van der Waals surface area contributed by atoms with Gasteiger partial charge in [0.2, 0.25) is 5.91 Å². The fourth-order valence-electron chi connectivity index (χ4n) is 3.97. The lowest BCUT2D eigenvalue weighted by Gasteiger charge is -2.23. The summed E-state index contributed by atoms with van der Waals surface area (Å²) in [6.45, 7) is 0.537. The summed E-state index contributed by atoms with van der Waals surface area (Å²) in [6.07, 6.45) is -2.42. The number of carbonyl (C=O) groups is 2. The maximum absolute atomic E-state index is 12.7. The molecule has 3 rings (SSSR count). The zero-order valence-corrected chi connectivity index (χ0v) is 13.0. The summed E-state index contributed by atoms with van der Waals surface area (Å²) in [5.74, 6) is -1.25. The highest BCUT2D eigenvalue weighted by Crippen LogP contribution is 2.49. The van der Waals surface area contributed by atoms with Gasteiger partial charge < -0.3 is 10.0 Å². The Morgan fingerprint density at radius 1 is 1.33 bits per heavy atom. The zero-order valence-electron chi connectivity index (χ0n) is 13.0. The lowest BCUT2D eigenvalue weighted by atomic mass is 9.81. The number of nitrogens with zero attached hydrogens (tertiary/aromatic N) is 1. The molecule has 2 fully saturated rings. The Bertz CT molecular complexity index is 673. The van der Waals surface area contributed by atoms with Gasteiger partial charge in [-0.3, -0.25) is 9.59 Å². The van der Waals surface area contributed by atoms with Crippen LogP contribution in [0.4, 0.5) is 13.2 Å². The van der Waals surface area contributed by atoms with Crippen molar-refractivity contribution in [3.63, 3.8) is 0 Å². The average Bonchev–Trinajstić information content (AvgIpc) is 3.04. The molecule has 1 N–H and O–H groups in total. The zero-order chi connectivity index (χ0) is 17.5. The summed E-state index contributed by atoms with van der Waals surface area (Å²) in [5.41, 5.74) is -1.37. The fraction of sp³-hybridized carbons (Fsp3) is 0.529. The van der Waals surface area contributed by atoms with E-state index in [-0.39, 0.29) is 30.4 Å². The molecule has 0 spiro atoms. The van der Waals surface area contributed by atoms with Crippen LogP contribution in [0.1, 0.15) is 30.4 Å². The Morgan fingerprint density at radius 3 is 2.71 bits per heavy atom. The van der Waals surface area contributed by atoms with Gasteiger partial charge in [-0.2, -0.15) is 13.2 Å². The largest absolute Gasteiger partial charge is 0.481 e. The molecule has 0 radical (unpaired) electrons. The van der Waals surface area contributed by atoms with E-state index in [0.29, 0.717) is 13.0 Å². The fourth-order valence-corrected chi connectivity index (χ4v) is 3.97. The number of carboxylic acid groups (broad SMARTS) is 1. The first-order chi connectivity index (χ1) is 11.2. The number of alkyl halides is 3. The van der Waals surface area contributed by atoms with Crippen molar-refractivity contribution in [3.05, 3.63) is 35.4 Å². The van der Waals surface area contributed by atoms with Gasteiger partial charge in [0.25, 0.3) is 0 Å². The quantitative estimate of drug-likeness (QED) is 0.920. The molecule has 1 heterocycles. The van der Waals surface area contributed by atoms with Gasteiger partial charge in [0, 0.05) is 13.1 Å². The number of carboxylic acids is 1. The van der Waals surface area contributed by atoms with Crippen LogP contribution >= 0.6 is 0 Å². The molecule has 1 saturated carbocycles. The topological polar surface area (TPSA) is 57.6 Å². The number of fused-ring (bicyclic) bond motifs is 1. The molecule has 1 aliphatic heterocycles. The molecule has 1 aromatic carbocycles. The van der Waals surface area contributed by atoms with Crippen molar-refractivity contribution < 1.29 is 27.9 Å². The molecule has 4 nitrogen and oxygen atoms in total. The van der Waals surface area contributed by atoms with Crippen LogP contribution in [-0.2, 0) is 22.2 Å². The monoisotopic (exact) mass is 341 g/mol. The van der Waals surface area contributed by atoms with Crippen LogP contribution in [-0.4, -0.2) is 35.0 Å². The summed E-state index contributed by atoms with van der Waals surface area (Å²) in [5, 5.41) is 9.53. The van der Waals surface area contributed by atoms with Crippen molar-refractivity contribution in [3.8, 4) is 0 Å². The van der Waals surface area contributed by atoms with Crippen LogP contribution in [0.2, 0.25) is 0 Å². The second-order valence-corrected chi connectivity index (χ2v) is 6.70. The van der Waals surface area contributed by atoms with E-state index in [0.717, 1.165) is 25.0 Å². The maximum Gasteiger partial charge on any atom is 0.416 e. The Labute approximate surface area is 137 Å². The van der Waals surface area contributed by atoms with Gasteiger partial charge in [0.15, 0.2) is 0 Å². The van der Waals surface area contributed by atoms with Crippen molar-refractivity contribution in [2.24, 2.45) is 11.3 Å². The van der Waals surface area contributed by atoms with Crippen molar-refractivity contribution in [2.75, 3.05) is 13.1 Å². The lowest BCUT2D eigenvalue weighted by molar-refractivity contribution is -0.149. The summed E-state index contributed by atoms with van der Waals surface area (Å²) in [7, 11) is 0. The van der Waals surface area contributed by atoms with Crippen LogP contribution in [0, 0.1) is 11.3 Å². The molecule has 1 saturated heterocycles. The number of likely N-dealkylation sites (tertiary alicyclic amines) is 1. The third-order valence-corrected chi connectivity index (χ3v) is 5.26. The van der Waals surface area contributed by atoms with Crippen LogP contribution in [0.3, 0.4) is 0 Å². The predicted octanol–water partition coefficient (Wildman–Crippen LogP) is 2.96. The Hall–Kier alpha value is -2.05. The molecule has 0 bridgehead atoms. The van der Waals surface area contributed by atoms with Crippen molar-refractivity contribution >= 4 is 11.9 Å². The summed E-state index contributed by atoms with van der Waals surface area (Å²) < 4.78 is 38.2. The maximum atomic E-state index is 12.7. The molecule has 2 aliphatic rings. The van der Waals surface area contributed by atoms with E-state index in [4.69, 9.17) is 0 Å². The Morgan fingerprint density at radius 2 is 2.08 bits per heavy atom. The molecule has 7 heteroatoms. The van der Waals surface area contributed by atoms with E-state index < -0.39 is 23.1 Å². The van der Waals surface area contributed by atoms with Crippen molar-refractivity contribution in [2.45, 2.75) is 31.9 Å². The van der Waals surface area contributed by atoms with Gasteiger partial charge in [-0.15, -0.1) is 0 Å². The summed E-state index contributed by atoms with van der Waals surface area (Å²) in [4.78, 5) is 25.5. The number of hydrogen-bond donors (Lipinski definition) is 1. The lowest BCUT2D eigenvalue weighted by Crippen LogP contribution is -2.37. The van der Waals surface area contributed by atoms with E-state index in [1.165, 1.54) is 17.0 Å². The highest BCUT2D eigenvalue weighted by atomic mass is 19.4. The second-order valence-electron chi connectivity index (χ2n) is 6.70. The first kappa shape index (κ1) is 16.8.